The Morgan fingerprint density at radius 3 is 2.24 bits per heavy atom. The van der Waals surface area contributed by atoms with Crippen LogP contribution >= 0.6 is 0 Å². The van der Waals surface area contributed by atoms with Gasteiger partial charge in [0.1, 0.15) is 0 Å². The van der Waals surface area contributed by atoms with Crippen LogP contribution in [0.3, 0.4) is 0 Å². The highest BCUT2D eigenvalue weighted by Crippen LogP contribution is 2.15. The Labute approximate surface area is 148 Å². The lowest BCUT2D eigenvalue weighted by Gasteiger charge is -2.15. The lowest BCUT2D eigenvalue weighted by molar-refractivity contribution is 0.0600. The van der Waals surface area contributed by atoms with Gasteiger partial charge in [-0.3, -0.25) is 0 Å². The highest BCUT2D eigenvalue weighted by molar-refractivity contribution is 5.92. The molecule has 0 spiro atoms. The summed E-state index contributed by atoms with van der Waals surface area (Å²) in [5.41, 5.74) is 3.40. The molecule has 5 heteroatoms. The molecule has 0 aromatic heterocycles. The normalized spacial score (nSPS) is 11.5. The summed E-state index contributed by atoms with van der Waals surface area (Å²) >= 11 is 0. The number of hydrogen-bond acceptors (Lipinski definition) is 3. The molecule has 0 saturated heterocycles. The van der Waals surface area contributed by atoms with Gasteiger partial charge in [0.2, 0.25) is 0 Å². The molecule has 2 rings (SSSR count). The summed E-state index contributed by atoms with van der Waals surface area (Å²) in [5, 5.41) is 5.66. The molecule has 5 nitrogen and oxygen atoms in total. The average Bonchev–Trinajstić information content (AvgIpc) is 2.62. The van der Waals surface area contributed by atoms with E-state index in [0.29, 0.717) is 11.3 Å². The third-order valence-electron chi connectivity index (χ3n) is 3.93. The molecule has 2 aromatic carbocycles. The quantitative estimate of drug-likeness (QED) is 0.770. The highest BCUT2D eigenvalue weighted by atomic mass is 16.5. The molecule has 0 aliphatic heterocycles. The van der Waals surface area contributed by atoms with Crippen LogP contribution in [0, 0.1) is 0 Å². The molecule has 1 atom stereocenters. The number of carbonyl (C=O) groups is 2. The first-order valence-electron chi connectivity index (χ1n) is 8.38. The molecular formula is C20H24N2O3. The SMILES string of the molecule is CCCc1ccc([C@@H](C)NC(=O)Nc2ccc(C(=O)OC)cc2)cc1. The minimum atomic E-state index is -0.406. The van der Waals surface area contributed by atoms with Crippen molar-refractivity contribution in [2.75, 3.05) is 12.4 Å². The molecule has 2 amide bonds. The van der Waals surface area contributed by atoms with E-state index in [1.54, 1.807) is 24.3 Å². The maximum Gasteiger partial charge on any atom is 0.337 e. The lowest BCUT2D eigenvalue weighted by Crippen LogP contribution is -2.31. The second-order valence-electron chi connectivity index (χ2n) is 5.88. The van der Waals surface area contributed by atoms with Gasteiger partial charge in [-0.25, -0.2) is 9.59 Å². The number of esters is 1. The van der Waals surface area contributed by atoms with Crippen molar-refractivity contribution >= 4 is 17.7 Å². The van der Waals surface area contributed by atoms with Gasteiger partial charge >= 0.3 is 12.0 Å². The maximum atomic E-state index is 12.1. The summed E-state index contributed by atoms with van der Waals surface area (Å²) in [6.07, 6.45) is 2.18. The van der Waals surface area contributed by atoms with E-state index in [0.717, 1.165) is 18.4 Å². The number of urea groups is 1. The minimum absolute atomic E-state index is 0.106. The van der Waals surface area contributed by atoms with Crippen molar-refractivity contribution in [3.63, 3.8) is 0 Å². The first kappa shape index (κ1) is 18.5. The Morgan fingerprint density at radius 2 is 1.68 bits per heavy atom. The average molecular weight is 340 g/mol. The van der Waals surface area contributed by atoms with Crippen LogP contribution in [0.4, 0.5) is 10.5 Å². The zero-order valence-electron chi connectivity index (χ0n) is 14.8. The Balaban J connectivity index is 1.91. The van der Waals surface area contributed by atoms with E-state index < -0.39 is 5.97 Å². The molecular weight excluding hydrogens is 316 g/mol. The van der Waals surface area contributed by atoms with Crippen molar-refractivity contribution in [2.24, 2.45) is 0 Å². The fraction of sp³-hybridized carbons (Fsp3) is 0.300. The van der Waals surface area contributed by atoms with Gasteiger partial charge in [-0.2, -0.15) is 0 Å². The van der Waals surface area contributed by atoms with Crippen LogP contribution < -0.4 is 10.6 Å². The highest BCUT2D eigenvalue weighted by Gasteiger charge is 2.10. The molecule has 132 valence electrons. The van der Waals surface area contributed by atoms with Crippen LogP contribution in [0.15, 0.2) is 48.5 Å². The third kappa shape index (κ3) is 5.35. The van der Waals surface area contributed by atoms with Crippen LogP contribution in [0.2, 0.25) is 0 Å². The summed E-state index contributed by atoms with van der Waals surface area (Å²) in [6, 6.07) is 14.4. The fourth-order valence-electron chi connectivity index (χ4n) is 2.52. The molecule has 0 unspecified atom stereocenters. The molecule has 0 aliphatic rings. The number of aryl methyl sites for hydroxylation is 1. The van der Waals surface area contributed by atoms with E-state index >= 15 is 0 Å². The number of carbonyl (C=O) groups excluding carboxylic acids is 2. The Morgan fingerprint density at radius 1 is 1.04 bits per heavy atom. The van der Waals surface area contributed by atoms with Crippen LogP contribution in [-0.4, -0.2) is 19.1 Å². The van der Waals surface area contributed by atoms with E-state index in [-0.39, 0.29) is 12.1 Å². The van der Waals surface area contributed by atoms with Crippen molar-refractivity contribution in [3.05, 3.63) is 65.2 Å². The van der Waals surface area contributed by atoms with Crippen molar-refractivity contribution in [1.82, 2.24) is 5.32 Å². The van der Waals surface area contributed by atoms with Crippen molar-refractivity contribution in [2.45, 2.75) is 32.7 Å². The van der Waals surface area contributed by atoms with Crippen LogP contribution in [0.5, 0.6) is 0 Å². The Kier molecular flexibility index (Phi) is 6.57. The first-order valence-corrected chi connectivity index (χ1v) is 8.38. The maximum absolute atomic E-state index is 12.1. The second kappa shape index (κ2) is 8.87. The molecule has 0 aliphatic carbocycles. The summed E-state index contributed by atoms with van der Waals surface area (Å²) in [6.45, 7) is 4.09. The molecule has 0 radical (unpaired) electrons. The van der Waals surface area contributed by atoms with E-state index in [1.165, 1.54) is 12.7 Å². The molecule has 25 heavy (non-hydrogen) atoms. The Bertz CT molecular complexity index is 709. The van der Waals surface area contributed by atoms with Gasteiger partial charge in [0.15, 0.2) is 0 Å². The number of rotatable bonds is 6. The predicted molar refractivity (Wildman–Crippen MR) is 98.8 cm³/mol. The number of anilines is 1. The monoisotopic (exact) mass is 340 g/mol. The van der Waals surface area contributed by atoms with E-state index in [9.17, 15) is 9.59 Å². The van der Waals surface area contributed by atoms with E-state index in [1.807, 2.05) is 19.1 Å². The summed E-state index contributed by atoms with van der Waals surface area (Å²) in [7, 11) is 1.33. The van der Waals surface area contributed by atoms with Crippen LogP contribution in [0.1, 0.15) is 47.8 Å². The number of ether oxygens (including phenoxy) is 1. The Hall–Kier alpha value is -2.82. The molecule has 2 aromatic rings. The summed E-state index contributed by atoms with van der Waals surface area (Å²) < 4.78 is 4.64. The molecule has 2 N–H and O–H groups in total. The minimum Gasteiger partial charge on any atom is -0.465 e. The largest absolute Gasteiger partial charge is 0.465 e. The second-order valence-corrected chi connectivity index (χ2v) is 5.88. The van der Waals surface area contributed by atoms with Gasteiger partial charge in [0.05, 0.1) is 18.7 Å². The van der Waals surface area contributed by atoms with Crippen molar-refractivity contribution in [3.8, 4) is 0 Å². The molecule has 0 bridgehead atoms. The van der Waals surface area contributed by atoms with Gasteiger partial charge in [0, 0.05) is 5.69 Å². The number of methoxy groups -OCH3 is 1. The van der Waals surface area contributed by atoms with Gasteiger partial charge in [-0.05, 0) is 48.7 Å². The molecule has 0 saturated carbocycles. The number of benzene rings is 2. The standard InChI is InChI=1S/C20H24N2O3/c1-4-5-15-6-8-16(9-7-15)14(2)21-20(24)22-18-12-10-17(11-13-18)19(23)25-3/h6-14H,4-5H2,1-3H3,(H2,21,22,24)/t14-/m1/s1. The van der Waals surface area contributed by atoms with Crippen molar-refractivity contribution in [1.29, 1.82) is 0 Å². The number of hydrogen-bond donors (Lipinski definition) is 2. The van der Waals surface area contributed by atoms with E-state index in [4.69, 9.17) is 0 Å². The van der Waals surface area contributed by atoms with Crippen LogP contribution in [0.25, 0.3) is 0 Å². The summed E-state index contributed by atoms with van der Waals surface area (Å²) in [5.74, 6) is -0.406. The molecule has 0 heterocycles. The predicted octanol–water partition coefficient (Wildman–Crippen LogP) is 4.31. The lowest BCUT2D eigenvalue weighted by atomic mass is 10.0. The third-order valence-corrected chi connectivity index (χ3v) is 3.93. The smallest absolute Gasteiger partial charge is 0.337 e. The van der Waals surface area contributed by atoms with Gasteiger partial charge in [-0.1, -0.05) is 37.6 Å². The zero-order chi connectivity index (χ0) is 18.2. The fourth-order valence-corrected chi connectivity index (χ4v) is 2.52. The van der Waals surface area contributed by atoms with E-state index in [2.05, 4.69) is 34.4 Å². The van der Waals surface area contributed by atoms with Crippen LogP contribution in [-0.2, 0) is 11.2 Å². The first-order chi connectivity index (χ1) is 12.0. The van der Waals surface area contributed by atoms with Gasteiger partial charge < -0.3 is 15.4 Å². The summed E-state index contributed by atoms with van der Waals surface area (Å²) in [4.78, 5) is 23.5. The van der Waals surface area contributed by atoms with Gasteiger partial charge in [0.25, 0.3) is 0 Å². The topological polar surface area (TPSA) is 67.4 Å². The van der Waals surface area contributed by atoms with Crippen molar-refractivity contribution < 1.29 is 14.3 Å². The number of amides is 2. The zero-order valence-corrected chi connectivity index (χ0v) is 14.8. The number of nitrogens with one attached hydrogen (secondary N) is 2. The molecule has 0 fully saturated rings. The van der Waals surface area contributed by atoms with Gasteiger partial charge in [-0.15, -0.1) is 0 Å².